The molecule has 0 aliphatic heterocycles. The molecule has 0 radical (unpaired) electrons. The van der Waals surface area contributed by atoms with Gasteiger partial charge in [0.2, 0.25) is 0 Å². The molecule has 2 aliphatic carbocycles. The van der Waals surface area contributed by atoms with Crippen LogP contribution in [0.3, 0.4) is 0 Å². The Morgan fingerprint density at radius 1 is 1.22 bits per heavy atom. The van der Waals surface area contributed by atoms with Gasteiger partial charge in [-0.2, -0.15) is 0 Å². The molecule has 0 aromatic carbocycles. The lowest BCUT2D eigenvalue weighted by atomic mass is 10.2. The van der Waals surface area contributed by atoms with Crippen LogP contribution < -0.4 is 4.90 Å². The van der Waals surface area contributed by atoms with E-state index in [0.717, 1.165) is 36.3 Å². The topological polar surface area (TPSA) is 36.4 Å². The number of aromatic nitrogens is 1. The highest BCUT2D eigenvalue weighted by molar-refractivity contribution is 6.33. The number of halogens is 1. The SMILES string of the molecule is OCc1cnc(N(CC2CC2)CC2CC2)c(Cl)c1. The molecule has 2 fully saturated rings. The summed E-state index contributed by atoms with van der Waals surface area (Å²) in [5.41, 5.74) is 0.779. The Labute approximate surface area is 113 Å². The van der Waals surface area contributed by atoms with Crippen molar-refractivity contribution in [3.63, 3.8) is 0 Å². The van der Waals surface area contributed by atoms with Crippen molar-refractivity contribution in [1.82, 2.24) is 4.98 Å². The third-order valence-corrected chi connectivity index (χ3v) is 3.99. The first-order chi connectivity index (χ1) is 8.76. The molecular weight excluding hydrogens is 248 g/mol. The Bertz CT molecular complexity index is 416. The second-order valence-electron chi connectivity index (χ2n) is 5.60. The highest BCUT2D eigenvalue weighted by Gasteiger charge is 2.30. The molecule has 0 saturated heterocycles. The van der Waals surface area contributed by atoms with E-state index in [2.05, 4.69) is 9.88 Å². The van der Waals surface area contributed by atoms with Crippen LogP contribution in [0.25, 0.3) is 0 Å². The first kappa shape index (κ1) is 12.2. The second kappa shape index (κ2) is 5.06. The van der Waals surface area contributed by atoms with Crippen LogP contribution in [0.5, 0.6) is 0 Å². The van der Waals surface area contributed by atoms with E-state index in [-0.39, 0.29) is 6.61 Å². The van der Waals surface area contributed by atoms with Crippen molar-refractivity contribution >= 4 is 17.4 Å². The van der Waals surface area contributed by atoms with Gasteiger partial charge in [0, 0.05) is 19.3 Å². The lowest BCUT2D eigenvalue weighted by molar-refractivity contribution is 0.281. The number of rotatable bonds is 6. The zero-order valence-corrected chi connectivity index (χ0v) is 11.2. The molecule has 2 saturated carbocycles. The van der Waals surface area contributed by atoms with Crippen LogP contribution in [0.15, 0.2) is 12.3 Å². The first-order valence-electron chi connectivity index (χ1n) is 6.76. The average molecular weight is 267 g/mol. The summed E-state index contributed by atoms with van der Waals surface area (Å²) in [6.45, 7) is 2.17. The van der Waals surface area contributed by atoms with E-state index in [4.69, 9.17) is 16.7 Å². The smallest absolute Gasteiger partial charge is 0.147 e. The van der Waals surface area contributed by atoms with Gasteiger partial charge in [-0.15, -0.1) is 0 Å². The molecular formula is C14H19ClN2O. The largest absolute Gasteiger partial charge is 0.392 e. The van der Waals surface area contributed by atoms with Crippen molar-refractivity contribution < 1.29 is 5.11 Å². The standard InChI is InChI=1S/C14H19ClN2O/c15-13-5-12(9-18)6-16-14(13)17(7-10-1-2-10)8-11-3-4-11/h5-6,10-11,18H,1-4,7-9H2. The van der Waals surface area contributed by atoms with Crippen LogP contribution in [0, 0.1) is 11.8 Å². The fourth-order valence-electron chi connectivity index (χ4n) is 2.26. The molecule has 1 heterocycles. The molecule has 1 N–H and O–H groups in total. The molecule has 0 spiro atoms. The number of anilines is 1. The van der Waals surface area contributed by atoms with E-state index in [9.17, 15) is 0 Å². The van der Waals surface area contributed by atoms with Crippen LogP contribution in [0.1, 0.15) is 31.2 Å². The Hall–Kier alpha value is -0.800. The molecule has 98 valence electrons. The highest BCUT2D eigenvalue weighted by Crippen LogP contribution is 2.37. The van der Waals surface area contributed by atoms with Crippen LogP contribution in [0.2, 0.25) is 5.02 Å². The third-order valence-electron chi connectivity index (χ3n) is 3.71. The van der Waals surface area contributed by atoms with Gasteiger partial charge in [-0.1, -0.05) is 11.6 Å². The van der Waals surface area contributed by atoms with E-state index in [1.54, 1.807) is 6.20 Å². The minimum absolute atomic E-state index is 0.00174. The number of hydrogen-bond acceptors (Lipinski definition) is 3. The van der Waals surface area contributed by atoms with Gasteiger partial charge >= 0.3 is 0 Å². The Morgan fingerprint density at radius 3 is 2.28 bits per heavy atom. The number of pyridine rings is 1. The van der Waals surface area contributed by atoms with Crippen LogP contribution in [-0.2, 0) is 6.61 Å². The molecule has 4 heteroatoms. The van der Waals surface area contributed by atoms with Gasteiger partial charge in [-0.3, -0.25) is 0 Å². The summed E-state index contributed by atoms with van der Waals surface area (Å²) in [6.07, 6.45) is 7.09. The van der Waals surface area contributed by atoms with E-state index in [1.807, 2.05) is 6.07 Å². The minimum Gasteiger partial charge on any atom is -0.392 e. The average Bonchev–Trinajstić information content (AvgIpc) is 3.23. The molecule has 3 rings (SSSR count). The van der Waals surface area contributed by atoms with Crippen molar-refractivity contribution in [1.29, 1.82) is 0 Å². The number of nitrogens with zero attached hydrogens (tertiary/aromatic N) is 2. The van der Waals surface area contributed by atoms with Gasteiger partial charge in [0.15, 0.2) is 0 Å². The molecule has 0 unspecified atom stereocenters. The van der Waals surface area contributed by atoms with Crippen LogP contribution >= 0.6 is 11.6 Å². The van der Waals surface area contributed by atoms with Gasteiger partial charge in [0.25, 0.3) is 0 Å². The molecule has 1 aromatic heterocycles. The normalized spacial score (nSPS) is 19.0. The predicted octanol–water partition coefficient (Wildman–Crippen LogP) is 2.85. The molecule has 1 aromatic rings. The number of aliphatic hydroxyl groups is 1. The van der Waals surface area contributed by atoms with Crippen molar-refractivity contribution in [2.45, 2.75) is 32.3 Å². The van der Waals surface area contributed by atoms with Crippen molar-refractivity contribution in [3.8, 4) is 0 Å². The van der Waals surface area contributed by atoms with Gasteiger partial charge in [-0.25, -0.2) is 4.98 Å². The maximum atomic E-state index is 9.09. The highest BCUT2D eigenvalue weighted by atomic mass is 35.5. The molecule has 2 aliphatic rings. The summed E-state index contributed by atoms with van der Waals surface area (Å²) in [7, 11) is 0. The Kier molecular flexibility index (Phi) is 3.44. The summed E-state index contributed by atoms with van der Waals surface area (Å²) >= 11 is 6.30. The van der Waals surface area contributed by atoms with E-state index in [0.29, 0.717) is 5.02 Å². The van der Waals surface area contributed by atoms with Crippen molar-refractivity contribution in [3.05, 3.63) is 22.8 Å². The van der Waals surface area contributed by atoms with E-state index in [1.165, 1.54) is 25.7 Å². The second-order valence-corrected chi connectivity index (χ2v) is 6.01. The zero-order chi connectivity index (χ0) is 12.5. The van der Waals surface area contributed by atoms with Gasteiger partial charge in [0.05, 0.1) is 11.6 Å². The van der Waals surface area contributed by atoms with Crippen molar-refractivity contribution in [2.75, 3.05) is 18.0 Å². The van der Waals surface area contributed by atoms with E-state index >= 15 is 0 Å². The Balaban J connectivity index is 1.77. The molecule has 18 heavy (non-hydrogen) atoms. The third kappa shape index (κ3) is 2.96. The summed E-state index contributed by atoms with van der Waals surface area (Å²) < 4.78 is 0. The monoisotopic (exact) mass is 266 g/mol. The Morgan fingerprint density at radius 2 is 1.83 bits per heavy atom. The van der Waals surface area contributed by atoms with Crippen LogP contribution in [-0.4, -0.2) is 23.2 Å². The fourth-order valence-corrected chi connectivity index (χ4v) is 2.57. The minimum atomic E-state index is -0.00174. The maximum absolute atomic E-state index is 9.09. The lowest BCUT2D eigenvalue weighted by Gasteiger charge is -2.24. The number of aliphatic hydroxyl groups excluding tert-OH is 1. The van der Waals surface area contributed by atoms with Crippen molar-refractivity contribution in [2.24, 2.45) is 11.8 Å². The van der Waals surface area contributed by atoms with Gasteiger partial charge in [-0.05, 0) is 49.1 Å². The molecule has 0 atom stereocenters. The summed E-state index contributed by atoms with van der Waals surface area (Å²) in [4.78, 5) is 6.79. The fraction of sp³-hybridized carbons (Fsp3) is 0.643. The summed E-state index contributed by atoms with van der Waals surface area (Å²) in [5.74, 6) is 2.56. The molecule has 3 nitrogen and oxygen atoms in total. The maximum Gasteiger partial charge on any atom is 0.147 e. The predicted molar refractivity (Wildman–Crippen MR) is 72.8 cm³/mol. The molecule has 0 bridgehead atoms. The van der Waals surface area contributed by atoms with Gasteiger partial charge in [0.1, 0.15) is 5.82 Å². The zero-order valence-electron chi connectivity index (χ0n) is 10.5. The number of hydrogen-bond donors (Lipinski definition) is 1. The summed E-state index contributed by atoms with van der Waals surface area (Å²) in [6, 6.07) is 1.83. The first-order valence-corrected chi connectivity index (χ1v) is 7.14. The summed E-state index contributed by atoms with van der Waals surface area (Å²) in [5, 5.41) is 9.76. The quantitative estimate of drug-likeness (QED) is 0.860. The van der Waals surface area contributed by atoms with Crippen LogP contribution in [0.4, 0.5) is 5.82 Å². The van der Waals surface area contributed by atoms with Gasteiger partial charge < -0.3 is 10.0 Å². The van der Waals surface area contributed by atoms with E-state index < -0.39 is 0 Å². The molecule has 0 amide bonds. The lowest BCUT2D eigenvalue weighted by Crippen LogP contribution is -2.29.